The summed E-state index contributed by atoms with van der Waals surface area (Å²) in [4.78, 5) is 25.2. The van der Waals surface area contributed by atoms with Crippen molar-refractivity contribution in [2.24, 2.45) is 23.2 Å². The normalized spacial score (nSPS) is 44.3. The van der Waals surface area contributed by atoms with Crippen molar-refractivity contribution in [2.75, 3.05) is 6.61 Å². The number of hydrogen-bond donors (Lipinski definition) is 1. The third-order valence-corrected chi connectivity index (χ3v) is 7.24. The molecule has 6 atom stereocenters. The number of aliphatic hydroxyl groups is 1. The lowest BCUT2D eigenvalue weighted by molar-refractivity contribution is -0.242. The molecule has 4 aliphatic rings. The van der Waals surface area contributed by atoms with Gasteiger partial charge in [-0.15, -0.1) is 0 Å². The summed E-state index contributed by atoms with van der Waals surface area (Å²) in [6.45, 7) is 2.25. The Hall–Kier alpha value is -2.08. The number of furan rings is 1. The Morgan fingerprint density at radius 3 is 2.92 bits per heavy atom. The van der Waals surface area contributed by atoms with E-state index in [0.29, 0.717) is 31.3 Å². The number of hydrogen-bond acceptors (Lipinski definition) is 6. The molecule has 6 nitrogen and oxygen atoms in total. The smallest absolute Gasteiger partial charge is 0.334 e. The van der Waals surface area contributed by atoms with Gasteiger partial charge >= 0.3 is 11.9 Å². The van der Waals surface area contributed by atoms with Gasteiger partial charge in [-0.25, -0.2) is 4.79 Å². The largest absolute Gasteiger partial charge is 0.472 e. The molecule has 3 fully saturated rings. The lowest BCUT2D eigenvalue weighted by Crippen LogP contribution is -2.67. The standard InChI is InChI=1S/C20H22O6/c1-19-8-15(11-4-6-24-9-11)26-18(22)14(19)7-12-10-25-17(21)13-3-2-5-20(19,23)16(12)13/h3-4,6,9,12,14-16,23H,2,5,7-8,10H2,1H3. The summed E-state index contributed by atoms with van der Waals surface area (Å²) in [6.07, 6.45) is 6.86. The van der Waals surface area contributed by atoms with E-state index < -0.39 is 23.0 Å². The van der Waals surface area contributed by atoms with E-state index in [4.69, 9.17) is 13.9 Å². The fraction of sp³-hybridized carbons (Fsp3) is 0.600. The number of fused-ring (bicyclic) bond motifs is 2. The van der Waals surface area contributed by atoms with E-state index in [9.17, 15) is 14.7 Å². The first-order valence-corrected chi connectivity index (χ1v) is 9.26. The van der Waals surface area contributed by atoms with Crippen LogP contribution in [0.25, 0.3) is 0 Å². The van der Waals surface area contributed by atoms with Crippen molar-refractivity contribution in [3.8, 4) is 0 Å². The van der Waals surface area contributed by atoms with Crippen molar-refractivity contribution in [3.05, 3.63) is 35.8 Å². The SMILES string of the molecule is CC12CC(c3ccoc3)OC(=O)C1CC1COC(=O)C3=CCCC2(O)C31. The van der Waals surface area contributed by atoms with E-state index >= 15 is 0 Å². The van der Waals surface area contributed by atoms with Gasteiger partial charge in [-0.1, -0.05) is 13.0 Å². The Morgan fingerprint density at radius 2 is 2.15 bits per heavy atom. The van der Waals surface area contributed by atoms with Crippen LogP contribution in [0, 0.1) is 23.2 Å². The van der Waals surface area contributed by atoms with Gasteiger partial charge in [-0.2, -0.15) is 0 Å². The van der Waals surface area contributed by atoms with E-state index in [1.54, 1.807) is 18.6 Å². The number of cyclic esters (lactones) is 2. The molecule has 0 spiro atoms. The lowest BCUT2D eigenvalue weighted by atomic mass is 9.45. The van der Waals surface area contributed by atoms with Crippen molar-refractivity contribution >= 4 is 11.9 Å². The fourth-order valence-electron chi connectivity index (χ4n) is 5.88. The second-order valence-electron chi connectivity index (χ2n) is 8.35. The third kappa shape index (κ3) is 1.91. The minimum absolute atomic E-state index is 0.0413. The molecule has 2 aliphatic carbocycles. The Morgan fingerprint density at radius 1 is 1.31 bits per heavy atom. The predicted octanol–water partition coefficient (Wildman–Crippen LogP) is 2.53. The van der Waals surface area contributed by atoms with Gasteiger partial charge in [0.1, 0.15) is 6.10 Å². The van der Waals surface area contributed by atoms with Gasteiger partial charge in [0.25, 0.3) is 0 Å². The minimum atomic E-state index is -1.12. The van der Waals surface area contributed by atoms with Crippen LogP contribution >= 0.6 is 0 Å². The maximum absolute atomic E-state index is 12.9. The Balaban J connectivity index is 1.60. The lowest BCUT2D eigenvalue weighted by Gasteiger charge is -2.62. The summed E-state index contributed by atoms with van der Waals surface area (Å²) in [5.41, 5.74) is -0.388. The fourth-order valence-corrected chi connectivity index (χ4v) is 5.88. The molecule has 0 radical (unpaired) electrons. The molecule has 1 N–H and O–H groups in total. The summed E-state index contributed by atoms with van der Waals surface area (Å²) in [5.74, 6) is -1.30. The molecule has 1 aromatic heterocycles. The zero-order valence-electron chi connectivity index (χ0n) is 14.6. The van der Waals surface area contributed by atoms with Gasteiger partial charge < -0.3 is 19.0 Å². The Kier molecular flexibility index (Phi) is 3.24. The quantitative estimate of drug-likeness (QED) is 0.777. The monoisotopic (exact) mass is 358 g/mol. The zero-order chi connectivity index (χ0) is 18.1. The van der Waals surface area contributed by atoms with Crippen molar-refractivity contribution in [1.82, 2.24) is 0 Å². The maximum atomic E-state index is 12.9. The summed E-state index contributed by atoms with van der Waals surface area (Å²) >= 11 is 0. The van der Waals surface area contributed by atoms with Gasteiger partial charge in [-0.3, -0.25) is 4.79 Å². The number of carbonyl (C=O) groups is 2. The minimum Gasteiger partial charge on any atom is -0.472 e. The molecule has 6 heteroatoms. The second-order valence-corrected chi connectivity index (χ2v) is 8.35. The third-order valence-electron chi connectivity index (χ3n) is 7.24. The molecule has 2 saturated heterocycles. The Bertz CT molecular complexity index is 795. The van der Waals surface area contributed by atoms with Crippen LogP contribution in [0.15, 0.2) is 34.7 Å². The molecule has 5 rings (SSSR count). The number of carbonyl (C=O) groups excluding carboxylic acids is 2. The van der Waals surface area contributed by atoms with Crippen LogP contribution in [0.2, 0.25) is 0 Å². The van der Waals surface area contributed by atoms with Crippen LogP contribution in [0.5, 0.6) is 0 Å². The molecular weight excluding hydrogens is 336 g/mol. The highest BCUT2D eigenvalue weighted by molar-refractivity contribution is 5.90. The summed E-state index contributed by atoms with van der Waals surface area (Å²) < 4.78 is 16.2. The molecule has 26 heavy (non-hydrogen) atoms. The first-order chi connectivity index (χ1) is 12.4. The van der Waals surface area contributed by atoms with Gasteiger partial charge in [-0.05, 0) is 31.7 Å². The number of ether oxygens (including phenoxy) is 2. The van der Waals surface area contributed by atoms with Crippen LogP contribution in [-0.4, -0.2) is 29.3 Å². The topological polar surface area (TPSA) is 86.0 Å². The number of allylic oxidation sites excluding steroid dienone is 1. The van der Waals surface area contributed by atoms with Crippen LogP contribution < -0.4 is 0 Å². The molecule has 0 aromatic carbocycles. The van der Waals surface area contributed by atoms with Gasteiger partial charge in [0, 0.05) is 28.4 Å². The van der Waals surface area contributed by atoms with Crippen LogP contribution in [0.4, 0.5) is 0 Å². The highest BCUT2D eigenvalue weighted by atomic mass is 16.5. The van der Waals surface area contributed by atoms with E-state index in [-0.39, 0.29) is 30.4 Å². The highest BCUT2D eigenvalue weighted by Gasteiger charge is 2.68. The van der Waals surface area contributed by atoms with Crippen molar-refractivity contribution in [3.63, 3.8) is 0 Å². The van der Waals surface area contributed by atoms with Crippen LogP contribution in [0.3, 0.4) is 0 Å². The van der Waals surface area contributed by atoms with Gasteiger partial charge in [0.05, 0.1) is 30.7 Å². The maximum Gasteiger partial charge on any atom is 0.334 e. The van der Waals surface area contributed by atoms with E-state index in [1.165, 1.54) is 0 Å². The predicted molar refractivity (Wildman–Crippen MR) is 88.6 cm³/mol. The highest BCUT2D eigenvalue weighted by Crippen LogP contribution is 2.64. The molecule has 1 aromatic rings. The molecule has 138 valence electrons. The average molecular weight is 358 g/mol. The molecule has 0 bridgehead atoms. The summed E-state index contributed by atoms with van der Waals surface area (Å²) in [7, 11) is 0. The summed E-state index contributed by atoms with van der Waals surface area (Å²) in [6, 6.07) is 1.79. The van der Waals surface area contributed by atoms with Gasteiger partial charge in [0.15, 0.2) is 0 Å². The first-order valence-electron chi connectivity index (χ1n) is 9.26. The first kappa shape index (κ1) is 16.1. The van der Waals surface area contributed by atoms with E-state index in [1.807, 2.05) is 13.0 Å². The second kappa shape index (κ2) is 5.22. The summed E-state index contributed by atoms with van der Waals surface area (Å²) in [5, 5.41) is 11.9. The van der Waals surface area contributed by atoms with Gasteiger partial charge in [0.2, 0.25) is 0 Å². The van der Waals surface area contributed by atoms with E-state index in [2.05, 4.69) is 0 Å². The molecule has 2 aliphatic heterocycles. The van der Waals surface area contributed by atoms with E-state index in [0.717, 1.165) is 5.56 Å². The molecular formula is C20H22O6. The number of esters is 2. The zero-order valence-corrected chi connectivity index (χ0v) is 14.6. The van der Waals surface area contributed by atoms with Crippen molar-refractivity contribution in [2.45, 2.75) is 44.3 Å². The molecule has 6 unspecified atom stereocenters. The van der Waals surface area contributed by atoms with Crippen LogP contribution in [-0.2, 0) is 19.1 Å². The molecule has 1 saturated carbocycles. The number of rotatable bonds is 1. The molecule has 0 amide bonds. The van der Waals surface area contributed by atoms with Crippen molar-refractivity contribution in [1.29, 1.82) is 0 Å². The van der Waals surface area contributed by atoms with Crippen LogP contribution in [0.1, 0.15) is 44.3 Å². The average Bonchev–Trinajstić information content (AvgIpc) is 3.14. The Labute approximate surface area is 151 Å². The van der Waals surface area contributed by atoms with Crippen molar-refractivity contribution < 1.29 is 28.6 Å². The molecule has 3 heterocycles.